The number of hydrogen-bond donors (Lipinski definition) is 2. The van der Waals surface area contributed by atoms with Gasteiger partial charge in [0.25, 0.3) is 11.5 Å². The van der Waals surface area contributed by atoms with Crippen molar-refractivity contribution in [2.45, 2.75) is 19.4 Å². The minimum absolute atomic E-state index is 0.0337. The number of amides is 1. The number of carbonyl (C=O) groups excluding carboxylic acids is 1. The number of carbonyl (C=O) groups is 1. The van der Waals surface area contributed by atoms with Crippen LogP contribution in [0.5, 0.6) is 0 Å². The molecule has 0 saturated heterocycles. The highest BCUT2D eigenvalue weighted by molar-refractivity contribution is 14.1. The SMILES string of the molecule is C[C@@H](O)CON1CCc2c(c(Nc3ccc(Br)cc3F)n(C)c(=O)c2I)C1=O. The van der Waals surface area contributed by atoms with E-state index in [2.05, 4.69) is 21.2 Å². The zero-order valence-electron chi connectivity index (χ0n) is 15.1. The summed E-state index contributed by atoms with van der Waals surface area (Å²) < 4.78 is 16.6. The van der Waals surface area contributed by atoms with Gasteiger partial charge in [-0.05, 0) is 59.7 Å². The Hall–Kier alpha value is -1.50. The van der Waals surface area contributed by atoms with Gasteiger partial charge >= 0.3 is 0 Å². The van der Waals surface area contributed by atoms with Crippen molar-refractivity contribution in [2.24, 2.45) is 7.05 Å². The molecule has 10 heteroatoms. The molecule has 1 aliphatic heterocycles. The molecule has 1 amide bonds. The minimum atomic E-state index is -0.732. The molecule has 1 aromatic carbocycles. The highest BCUT2D eigenvalue weighted by Gasteiger charge is 2.33. The van der Waals surface area contributed by atoms with Crippen LogP contribution in [0, 0.1) is 9.39 Å². The predicted molar refractivity (Wildman–Crippen MR) is 114 cm³/mol. The van der Waals surface area contributed by atoms with Gasteiger partial charge in [-0.1, -0.05) is 15.9 Å². The molecule has 1 aromatic heterocycles. The van der Waals surface area contributed by atoms with Crippen LogP contribution < -0.4 is 10.9 Å². The lowest BCUT2D eigenvalue weighted by Crippen LogP contribution is -2.42. The third-order valence-electron chi connectivity index (χ3n) is 4.29. The van der Waals surface area contributed by atoms with Crippen molar-refractivity contribution >= 4 is 55.9 Å². The summed E-state index contributed by atoms with van der Waals surface area (Å²) in [6, 6.07) is 4.46. The second kappa shape index (κ2) is 8.47. The van der Waals surface area contributed by atoms with Gasteiger partial charge in [0, 0.05) is 11.5 Å². The van der Waals surface area contributed by atoms with Gasteiger partial charge in [0.1, 0.15) is 18.2 Å². The van der Waals surface area contributed by atoms with Crippen molar-refractivity contribution in [1.82, 2.24) is 9.63 Å². The summed E-state index contributed by atoms with van der Waals surface area (Å²) in [4.78, 5) is 31.1. The highest BCUT2D eigenvalue weighted by Crippen LogP contribution is 2.31. The lowest BCUT2D eigenvalue weighted by atomic mass is 10.0. The first-order valence-electron chi connectivity index (χ1n) is 8.47. The average molecular weight is 566 g/mol. The molecule has 0 saturated carbocycles. The number of hydrogen-bond acceptors (Lipinski definition) is 5. The standard InChI is InChI=1S/C18H18BrFIN3O4/c1-9(25)8-28-24-6-5-11-14(17(24)26)16(23(2)18(27)15(11)21)22-13-4-3-10(19)7-12(13)20/h3-4,7,9,22,25H,5-6,8H2,1-2H3/t9-/m1/s1. The lowest BCUT2D eigenvalue weighted by Gasteiger charge is -2.30. The summed E-state index contributed by atoms with van der Waals surface area (Å²) in [7, 11) is 1.52. The lowest BCUT2D eigenvalue weighted by molar-refractivity contribution is -0.144. The molecule has 0 unspecified atom stereocenters. The maximum atomic E-state index is 14.3. The second-order valence-corrected chi connectivity index (χ2v) is 8.43. The minimum Gasteiger partial charge on any atom is -0.391 e. The number of fused-ring (bicyclic) bond motifs is 1. The number of aliphatic hydroxyl groups excluding tert-OH is 1. The van der Waals surface area contributed by atoms with E-state index >= 15 is 0 Å². The first-order chi connectivity index (χ1) is 13.2. The van der Waals surface area contributed by atoms with Crippen LogP contribution in [0.4, 0.5) is 15.9 Å². The molecule has 1 aliphatic rings. The predicted octanol–water partition coefficient (Wildman–Crippen LogP) is 2.95. The molecule has 28 heavy (non-hydrogen) atoms. The Labute approximate surface area is 182 Å². The molecule has 0 bridgehead atoms. The summed E-state index contributed by atoms with van der Waals surface area (Å²) >= 11 is 5.13. The summed E-state index contributed by atoms with van der Waals surface area (Å²) in [5.74, 6) is -0.785. The van der Waals surface area contributed by atoms with Crippen molar-refractivity contribution < 1.29 is 19.1 Å². The van der Waals surface area contributed by atoms with E-state index in [9.17, 15) is 19.1 Å². The van der Waals surface area contributed by atoms with Crippen molar-refractivity contribution in [3.8, 4) is 0 Å². The van der Waals surface area contributed by atoms with E-state index < -0.39 is 17.8 Å². The van der Waals surface area contributed by atoms with Crippen LogP contribution in [0.3, 0.4) is 0 Å². The Kier molecular flexibility index (Phi) is 6.42. The molecule has 1 atom stereocenters. The normalized spacial score (nSPS) is 14.8. The van der Waals surface area contributed by atoms with Crippen LogP contribution in [0.25, 0.3) is 0 Å². The summed E-state index contributed by atoms with van der Waals surface area (Å²) in [5, 5.41) is 13.5. The Morgan fingerprint density at radius 1 is 1.43 bits per heavy atom. The Bertz CT molecular complexity index is 996. The van der Waals surface area contributed by atoms with Crippen LogP contribution in [0.15, 0.2) is 27.5 Å². The van der Waals surface area contributed by atoms with Crippen LogP contribution in [0.1, 0.15) is 22.8 Å². The van der Waals surface area contributed by atoms with E-state index in [0.29, 0.717) is 20.0 Å². The van der Waals surface area contributed by atoms with Crippen molar-refractivity contribution in [1.29, 1.82) is 0 Å². The van der Waals surface area contributed by atoms with Gasteiger partial charge in [-0.25, -0.2) is 9.45 Å². The molecule has 2 N–H and O–H groups in total. The Balaban J connectivity index is 2.09. The van der Waals surface area contributed by atoms with Gasteiger partial charge in [0.2, 0.25) is 0 Å². The highest BCUT2D eigenvalue weighted by atomic mass is 127. The number of halogens is 3. The number of aromatic nitrogens is 1. The average Bonchev–Trinajstić information content (AvgIpc) is 2.64. The summed E-state index contributed by atoms with van der Waals surface area (Å²) in [5.41, 5.74) is 0.721. The summed E-state index contributed by atoms with van der Waals surface area (Å²) in [6.07, 6.45) is -0.323. The fourth-order valence-corrected chi connectivity index (χ4v) is 4.12. The maximum absolute atomic E-state index is 14.3. The third kappa shape index (κ3) is 4.09. The molecule has 0 aliphatic carbocycles. The molecule has 0 spiro atoms. The van der Waals surface area contributed by atoms with Crippen molar-refractivity contribution in [3.05, 3.63) is 53.5 Å². The molecule has 3 rings (SSSR count). The van der Waals surface area contributed by atoms with E-state index in [-0.39, 0.29) is 35.8 Å². The number of nitrogens with zero attached hydrogens (tertiary/aromatic N) is 2. The summed E-state index contributed by atoms with van der Waals surface area (Å²) in [6.45, 7) is 1.78. The van der Waals surface area contributed by atoms with E-state index in [1.54, 1.807) is 13.0 Å². The number of hydroxylamine groups is 2. The van der Waals surface area contributed by atoms with Crippen LogP contribution in [-0.2, 0) is 18.3 Å². The van der Waals surface area contributed by atoms with Gasteiger partial charge in [0.05, 0.1) is 27.5 Å². The third-order valence-corrected chi connectivity index (χ3v) is 5.90. The van der Waals surface area contributed by atoms with E-state index in [4.69, 9.17) is 4.84 Å². The first kappa shape index (κ1) is 21.2. The molecule has 7 nitrogen and oxygen atoms in total. The first-order valence-corrected chi connectivity index (χ1v) is 10.3. The number of rotatable bonds is 5. The fraction of sp³-hybridized carbons (Fsp3) is 0.333. The van der Waals surface area contributed by atoms with E-state index in [1.165, 1.54) is 28.8 Å². The fourth-order valence-electron chi connectivity index (χ4n) is 2.89. The largest absolute Gasteiger partial charge is 0.391 e. The van der Waals surface area contributed by atoms with Gasteiger partial charge in [-0.3, -0.25) is 19.0 Å². The van der Waals surface area contributed by atoms with Crippen molar-refractivity contribution in [2.75, 3.05) is 18.5 Å². The molecular weight excluding hydrogens is 548 g/mol. The molecule has 150 valence electrons. The topological polar surface area (TPSA) is 83.8 Å². The van der Waals surface area contributed by atoms with Crippen LogP contribution >= 0.6 is 38.5 Å². The van der Waals surface area contributed by atoms with Gasteiger partial charge in [0.15, 0.2) is 0 Å². The molecule has 0 fully saturated rings. The number of aliphatic hydroxyl groups is 1. The van der Waals surface area contributed by atoms with Crippen LogP contribution in [0.2, 0.25) is 0 Å². The van der Waals surface area contributed by atoms with E-state index in [0.717, 1.165) is 0 Å². The number of benzene rings is 1. The maximum Gasteiger partial charge on any atom is 0.281 e. The van der Waals surface area contributed by atoms with Gasteiger partial charge in [-0.2, -0.15) is 0 Å². The Morgan fingerprint density at radius 3 is 2.79 bits per heavy atom. The monoisotopic (exact) mass is 565 g/mol. The quantitative estimate of drug-likeness (QED) is 0.545. The van der Waals surface area contributed by atoms with Crippen molar-refractivity contribution in [3.63, 3.8) is 0 Å². The van der Waals surface area contributed by atoms with Gasteiger partial charge < -0.3 is 10.4 Å². The molecule has 2 aromatic rings. The smallest absolute Gasteiger partial charge is 0.281 e. The second-order valence-electron chi connectivity index (χ2n) is 6.43. The van der Waals surface area contributed by atoms with Gasteiger partial charge in [-0.15, -0.1) is 0 Å². The zero-order valence-corrected chi connectivity index (χ0v) is 18.9. The molecule has 0 radical (unpaired) electrons. The van der Waals surface area contributed by atoms with E-state index in [1.807, 2.05) is 22.6 Å². The number of pyridine rings is 1. The number of nitrogens with one attached hydrogen (secondary N) is 1. The zero-order chi connectivity index (χ0) is 20.6. The van der Waals surface area contributed by atoms with Crippen LogP contribution in [-0.4, -0.2) is 39.9 Å². The molecule has 2 heterocycles. The Morgan fingerprint density at radius 2 is 2.14 bits per heavy atom. The molecular formula is C18H18BrFIN3O4. The number of anilines is 2.